The highest BCUT2D eigenvalue weighted by molar-refractivity contribution is 6.46. The second-order valence-electron chi connectivity index (χ2n) is 2.56. The van der Waals surface area contributed by atoms with Crippen molar-refractivity contribution >= 4 is 45.7 Å². The van der Waals surface area contributed by atoms with Crippen molar-refractivity contribution in [2.45, 2.75) is 0 Å². The third-order valence-corrected chi connectivity index (χ3v) is 2.84. The first kappa shape index (κ1) is 9.07. The monoisotopic (exact) mass is 231 g/mol. The Hall–Kier alpha value is -0.500. The van der Waals surface area contributed by atoms with Gasteiger partial charge in [-0.1, -0.05) is 46.9 Å². The molecule has 1 aromatic heterocycles. The van der Waals surface area contributed by atoms with Crippen LogP contribution < -0.4 is 0 Å². The maximum atomic E-state index is 5.97. The molecule has 0 atom stereocenters. The van der Waals surface area contributed by atoms with Gasteiger partial charge in [0.05, 0.1) is 20.6 Å². The zero-order valence-corrected chi connectivity index (χ0v) is 8.66. The van der Waals surface area contributed by atoms with Gasteiger partial charge in [-0.15, -0.1) is 0 Å². The molecule has 0 amide bonds. The number of nitrogens with zero attached hydrogens (tertiary/aromatic N) is 1. The fourth-order valence-corrected chi connectivity index (χ4v) is 1.71. The lowest BCUT2D eigenvalue weighted by Crippen LogP contribution is -1.81. The predicted octanol–water partition coefficient (Wildman–Crippen LogP) is 4.20. The molecule has 0 bridgehead atoms. The molecule has 0 unspecified atom stereocenters. The molecule has 66 valence electrons. The van der Waals surface area contributed by atoms with Gasteiger partial charge >= 0.3 is 0 Å². The molecule has 2 aromatic rings. The van der Waals surface area contributed by atoms with Gasteiger partial charge in [-0.2, -0.15) is 0 Å². The molecule has 0 radical (unpaired) electrons. The minimum Gasteiger partial charge on any atom is -0.253 e. The minimum atomic E-state index is 0.441. The molecule has 2 rings (SSSR count). The van der Waals surface area contributed by atoms with Crippen LogP contribution in [0.3, 0.4) is 0 Å². The summed E-state index contributed by atoms with van der Waals surface area (Å²) in [4.78, 5) is 4.09. The van der Waals surface area contributed by atoms with Gasteiger partial charge in [-0.05, 0) is 6.07 Å². The predicted molar refractivity (Wildman–Crippen MR) is 56.8 cm³/mol. The highest BCUT2D eigenvalue weighted by Gasteiger charge is 2.06. The number of hydrogen-bond acceptors (Lipinski definition) is 1. The maximum Gasteiger partial charge on any atom is 0.0904 e. The van der Waals surface area contributed by atoms with E-state index in [1.807, 2.05) is 12.1 Å². The van der Waals surface area contributed by atoms with Crippen molar-refractivity contribution in [1.29, 1.82) is 0 Å². The molecule has 0 N–H and O–H groups in total. The number of fused-ring (bicyclic) bond motifs is 1. The average molecular weight is 232 g/mol. The lowest BCUT2D eigenvalue weighted by molar-refractivity contribution is 1.41. The van der Waals surface area contributed by atoms with E-state index >= 15 is 0 Å². The second-order valence-corrected chi connectivity index (χ2v) is 3.75. The van der Waals surface area contributed by atoms with Gasteiger partial charge in [0.2, 0.25) is 0 Å². The summed E-state index contributed by atoms with van der Waals surface area (Å²) in [6.07, 6.45) is 1.50. The topological polar surface area (TPSA) is 12.9 Å². The fraction of sp³-hybridized carbons (Fsp3) is 0. The Bertz CT molecular complexity index is 468. The van der Waals surface area contributed by atoms with Gasteiger partial charge in [-0.3, -0.25) is 4.98 Å². The number of para-hydroxylation sites is 1. The number of rotatable bonds is 0. The van der Waals surface area contributed by atoms with Crippen LogP contribution in [0.1, 0.15) is 0 Å². The zero-order chi connectivity index (χ0) is 9.42. The number of halogens is 3. The molecule has 1 aromatic carbocycles. The van der Waals surface area contributed by atoms with E-state index in [1.165, 1.54) is 6.20 Å². The summed E-state index contributed by atoms with van der Waals surface area (Å²) in [5, 5.41) is 2.29. The first-order valence-corrected chi connectivity index (χ1v) is 4.72. The minimum absolute atomic E-state index is 0.441. The summed E-state index contributed by atoms with van der Waals surface area (Å²) in [6, 6.07) is 5.41. The molecule has 0 aliphatic rings. The molecule has 1 nitrogen and oxygen atoms in total. The summed E-state index contributed by atoms with van der Waals surface area (Å²) < 4.78 is 0. The van der Waals surface area contributed by atoms with Crippen LogP contribution in [0.5, 0.6) is 0 Å². The van der Waals surface area contributed by atoms with E-state index in [1.54, 1.807) is 6.07 Å². The summed E-state index contributed by atoms with van der Waals surface area (Å²) in [6.45, 7) is 0. The van der Waals surface area contributed by atoms with E-state index < -0.39 is 0 Å². The quantitative estimate of drug-likeness (QED) is 0.663. The molecule has 0 fully saturated rings. The normalized spacial score (nSPS) is 10.7. The standard InChI is InChI=1S/C9H4Cl3N/c10-6-3-1-2-5-8(12)7(11)4-13-9(5)6/h1-4H. The average Bonchev–Trinajstić information content (AvgIpc) is 2.12. The van der Waals surface area contributed by atoms with Crippen LogP contribution in [0.15, 0.2) is 24.4 Å². The molecule has 0 aliphatic carbocycles. The van der Waals surface area contributed by atoms with Crippen LogP contribution in [0.4, 0.5) is 0 Å². The smallest absolute Gasteiger partial charge is 0.0904 e. The Kier molecular flexibility index (Phi) is 2.33. The Morgan fingerprint density at radius 2 is 1.77 bits per heavy atom. The van der Waals surface area contributed by atoms with Crippen LogP contribution in [-0.2, 0) is 0 Å². The van der Waals surface area contributed by atoms with Crippen molar-refractivity contribution in [3.63, 3.8) is 0 Å². The molecular formula is C9H4Cl3N. The molecule has 13 heavy (non-hydrogen) atoms. The van der Waals surface area contributed by atoms with Gasteiger partial charge < -0.3 is 0 Å². The number of aromatic nitrogens is 1. The summed E-state index contributed by atoms with van der Waals surface area (Å²) in [7, 11) is 0. The van der Waals surface area contributed by atoms with Crippen molar-refractivity contribution < 1.29 is 0 Å². The third-order valence-electron chi connectivity index (χ3n) is 1.74. The number of pyridine rings is 1. The molecule has 0 aliphatic heterocycles. The van der Waals surface area contributed by atoms with Crippen molar-refractivity contribution in [2.75, 3.05) is 0 Å². The lowest BCUT2D eigenvalue weighted by atomic mass is 10.2. The van der Waals surface area contributed by atoms with Gasteiger partial charge in [0.1, 0.15) is 0 Å². The van der Waals surface area contributed by atoms with Crippen molar-refractivity contribution in [1.82, 2.24) is 4.98 Å². The second kappa shape index (κ2) is 3.33. The molecule has 0 saturated carbocycles. The third kappa shape index (κ3) is 1.48. The van der Waals surface area contributed by atoms with Crippen LogP contribution >= 0.6 is 34.8 Å². The number of hydrogen-bond donors (Lipinski definition) is 0. The Morgan fingerprint density at radius 1 is 1.00 bits per heavy atom. The van der Waals surface area contributed by atoms with Crippen LogP contribution in [-0.4, -0.2) is 4.98 Å². The lowest BCUT2D eigenvalue weighted by Gasteiger charge is -2.02. The Labute approximate surface area is 90.2 Å². The van der Waals surface area contributed by atoms with Gasteiger partial charge in [-0.25, -0.2) is 0 Å². The van der Waals surface area contributed by atoms with Crippen LogP contribution in [0.25, 0.3) is 10.9 Å². The maximum absolute atomic E-state index is 5.97. The SMILES string of the molecule is Clc1cnc2c(Cl)cccc2c1Cl. The van der Waals surface area contributed by atoms with Crippen molar-refractivity contribution in [3.8, 4) is 0 Å². The molecule has 0 spiro atoms. The van der Waals surface area contributed by atoms with E-state index in [0.29, 0.717) is 20.6 Å². The zero-order valence-electron chi connectivity index (χ0n) is 6.39. The van der Waals surface area contributed by atoms with E-state index in [9.17, 15) is 0 Å². The van der Waals surface area contributed by atoms with Gasteiger partial charge in [0, 0.05) is 11.6 Å². The highest BCUT2D eigenvalue weighted by atomic mass is 35.5. The number of benzene rings is 1. The fourth-order valence-electron chi connectivity index (χ4n) is 1.13. The van der Waals surface area contributed by atoms with Gasteiger partial charge in [0.25, 0.3) is 0 Å². The van der Waals surface area contributed by atoms with Gasteiger partial charge in [0.15, 0.2) is 0 Å². The van der Waals surface area contributed by atoms with Crippen molar-refractivity contribution in [3.05, 3.63) is 39.5 Å². The van der Waals surface area contributed by atoms with E-state index in [4.69, 9.17) is 34.8 Å². The van der Waals surface area contributed by atoms with Crippen molar-refractivity contribution in [2.24, 2.45) is 0 Å². The van der Waals surface area contributed by atoms with Crippen LogP contribution in [0.2, 0.25) is 15.1 Å². The molecule has 0 saturated heterocycles. The van der Waals surface area contributed by atoms with E-state index in [0.717, 1.165) is 5.39 Å². The first-order chi connectivity index (χ1) is 6.20. The Balaban J connectivity index is 2.94. The van der Waals surface area contributed by atoms with Crippen LogP contribution in [0, 0.1) is 0 Å². The van der Waals surface area contributed by atoms with E-state index in [-0.39, 0.29) is 0 Å². The summed E-state index contributed by atoms with van der Waals surface area (Å²) >= 11 is 17.7. The largest absolute Gasteiger partial charge is 0.253 e. The first-order valence-electron chi connectivity index (χ1n) is 3.58. The molecule has 4 heteroatoms. The summed E-state index contributed by atoms with van der Waals surface area (Å²) in [5.41, 5.74) is 0.679. The highest BCUT2D eigenvalue weighted by Crippen LogP contribution is 2.31. The van der Waals surface area contributed by atoms with E-state index in [2.05, 4.69) is 4.98 Å². The summed E-state index contributed by atoms with van der Waals surface area (Å²) in [5.74, 6) is 0. The molecule has 1 heterocycles. The molecular weight excluding hydrogens is 228 g/mol. The Morgan fingerprint density at radius 3 is 2.54 bits per heavy atom.